The second kappa shape index (κ2) is 5.14. The molecule has 0 saturated carbocycles. The van der Waals surface area contributed by atoms with E-state index in [1.165, 1.54) is 0 Å². The number of pyridine rings is 1. The van der Waals surface area contributed by atoms with Gasteiger partial charge in [0.15, 0.2) is 5.65 Å². The summed E-state index contributed by atoms with van der Waals surface area (Å²) in [7, 11) is 0. The number of hydrogen-bond donors (Lipinski definition) is 3. The molecule has 0 spiro atoms. The Kier molecular flexibility index (Phi) is 2.98. The Morgan fingerprint density at radius 1 is 0.739 bits per heavy atom. The SMILES string of the molecule is Oc1ccc(-c2cnc3n[nH]c(-c4ccc(O)cc4)c3c2)cc1. The van der Waals surface area contributed by atoms with Crippen molar-refractivity contribution in [1.29, 1.82) is 0 Å². The quantitative estimate of drug-likeness (QED) is 0.527. The van der Waals surface area contributed by atoms with E-state index in [4.69, 9.17) is 0 Å². The first-order chi connectivity index (χ1) is 11.2. The van der Waals surface area contributed by atoms with Gasteiger partial charge < -0.3 is 10.2 Å². The van der Waals surface area contributed by atoms with Crippen molar-refractivity contribution in [2.75, 3.05) is 0 Å². The molecule has 3 N–H and O–H groups in total. The molecule has 0 fully saturated rings. The lowest BCUT2D eigenvalue weighted by Gasteiger charge is -2.03. The largest absolute Gasteiger partial charge is 0.508 e. The molecular formula is C18H13N3O2. The zero-order valence-electron chi connectivity index (χ0n) is 12.1. The van der Waals surface area contributed by atoms with E-state index < -0.39 is 0 Å². The van der Waals surface area contributed by atoms with Gasteiger partial charge in [-0.05, 0) is 48.0 Å². The van der Waals surface area contributed by atoms with E-state index in [1.54, 1.807) is 30.5 Å². The first-order valence-corrected chi connectivity index (χ1v) is 7.13. The minimum Gasteiger partial charge on any atom is -0.508 e. The van der Waals surface area contributed by atoms with Gasteiger partial charge >= 0.3 is 0 Å². The molecule has 5 heteroatoms. The van der Waals surface area contributed by atoms with Crippen molar-refractivity contribution < 1.29 is 10.2 Å². The van der Waals surface area contributed by atoms with E-state index in [0.29, 0.717) is 5.65 Å². The number of aromatic amines is 1. The predicted octanol–water partition coefficient (Wildman–Crippen LogP) is 3.70. The molecule has 2 aromatic carbocycles. The van der Waals surface area contributed by atoms with Crippen LogP contribution in [0.1, 0.15) is 0 Å². The summed E-state index contributed by atoms with van der Waals surface area (Å²) in [6.07, 6.45) is 1.76. The minimum atomic E-state index is 0.223. The van der Waals surface area contributed by atoms with E-state index in [-0.39, 0.29) is 11.5 Å². The molecule has 0 radical (unpaired) electrons. The summed E-state index contributed by atoms with van der Waals surface area (Å²) in [6.45, 7) is 0. The second-order valence-electron chi connectivity index (χ2n) is 5.29. The van der Waals surface area contributed by atoms with E-state index in [2.05, 4.69) is 15.2 Å². The first-order valence-electron chi connectivity index (χ1n) is 7.13. The van der Waals surface area contributed by atoms with Crippen LogP contribution in [0.5, 0.6) is 11.5 Å². The maximum Gasteiger partial charge on any atom is 0.181 e. The van der Waals surface area contributed by atoms with Crippen molar-refractivity contribution in [3.05, 3.63) is 60.8 Å². The Balaban J connectivity index is 1.86. The lowest BCUT2D eigenvalue weighted by atomic mass is 10.0. The zero-order chi connectivity index (χ0) is 15.8. The molecule has 112 valence electrons. The molecule has 0 unspecified atom stereocenters. The zero-order valence-corrected chi connectivity index (χ0v) is 12.1. The standard InChI is InChI=1S/C18H13N3O2/c22-14-5-1-11(2-6-14)13-9-16-17(20-21-18(16)19-10-13)12-3-7-15(23)8-4-12/h1-10,22-23H,(H,19,20,21). The topological polar surface area (TPSA) is 82.0 Å². The highest BCUT2D eigenvalue weighted by atomic mass is 16.3. The van der Waals surface area contributed by atoms with Gasteiger partial charge in [0.05, 0.1) is 5.69 Å². The molecule has 0 aliphatic rings. The molecule has 4 rings (SSSR count). The maximum absolute atomic E-state index is 9.42. The number of rotatable bonds is 2. The number of H-pyrrole nitrogens is 1. The molecular weight excluding hydrogens is 290 g/mol. The van der Waals surface area contributed by atoms with Gasteiger partial charge in [-0.2, -0.15) is 5.10 Å². The van der Waals surface area contributed by atoms with Crippen LogP contribution in [0.15, 0.2) is 60.8 Å². The lowest BCUT2D eigenvalue weighted by molar-refractivity contribution is 0.475. The third kappa shape index (κ3) is 2.38. The molecule has 0 aliphatic carbocycles. The van der Waals surface area contributed by atoms with E-state index in [0.717, 1.165) is 27.8 Å². The van der Waals surface area contributed by atoms with Crippen LogP contribution in [0.3, 0.4) is 0 Å². The Bertz CT molecular complexity index is 974. The van der Waals surface area contributed by atoms with Crippen LogP contribution in [0.2, 0.25) is 0 Å². The third-order valence-corrected chi connectivity index (χ3v) is 3.77. The van der Waals surface area contributed by atoms with Gasteiger partial charge in [0.25, 0.3) is 0 Å². The van der Waals surface area contributed by atoms with Crippen LogP contribution in [0.4, 0.5) is 0 Å². The number of phenols is 2. The van der Waals surface area contributed by atoms with E-state index in [9.17, 15) is 10.2 Å². The number of benzene rings is 2. The molecule has 2 aromatic heterocycles. The van der Waals surface area contributed by atoms with Gasteiger partial charge in [0, 0.05) is 22.7 Å². The number of aromatic nitrogens is 3. The van der Waals surface area contributed by atoms with Crippen molar-refractivity contribution in [2.45, 2.75) is 0 Å². The van der Waals surface area contributed by atoms with Crippen LogP contribution in [0.25, 0.3) is 33.4 Å². The van der Waals surface area contributed by atoms with Gasteiger partial charge in [0.1, 0.15) is 11.5 Å². The smallest absolute Gasteiger partial charge is 0.181 e. The Labute approximate surface area is 131 Å². The van der Waals surface area contributed by atoms with Crippen LogP contribution in [-0.4, -0.2) is 25.4 Å². The number of hydrogen-bond acceptors (Lipinski definition) is 4. The highest BCUT2D eigenvalue weighted by Gasteiger charge is 2.10. The van der Waals surface area contributed by atoms with Crippen molar-refractivity contribution in [3.8, 4) is 33.9 Å². The van der Waals surface area contributed by atoms with E-state index in [1.807, 2.05) is 30.3 Å². The number of fused-ring (bicyclic) bond motifs is 1. The maximum atomic E-state index is 9.42. The van der Waals surface area contributed by atoms with Crippen LogP contribution in [-0.2, 0) is 0 Å². The van der Waals surface area contributed by atoms with Crippen molar-refractivity contribution in [2.24, 2.45) is 0 Å². The fraction of sp³-hybridized carbons (Fsp3) is 0. The van der Waals surface area contributed by atoms with Gasteiger partial charge in [-0.1, -0.05) is 12.1 Å². The average Bonchev–Trinajstić information content (AvgIpc) is 2.99. The Hall–Kier alpha value is -3.34. The highest BCUT2D eigenvalue weighted by molar-refractivity contribution is 5.93. The molecule has 5 nitrogen and oxygen atoms in total. The summed E-state index contributed by atoms with van der Waals surface area (Å²) in [4.78, 5) is 4.39. The second-order valence-corrected chi connectivity index (χ2v) is 5.29. The monoisotopic (exact) mass is 303 g/mol. The summed E-state index contributed by atoms with van der Waals surface area (Å²) < 4.78 is 0. The molecule has 23 heavy (non-hydrogen) atoms. The number of nitrogens with zero attached hydrogens (tertiary/aromatic N) is 2. The molecule has 0 atom stereocenters. The third-order valence-electron chi connectivity index (χ3n) is 3.77. The molecule has 0 aliphatic heterocycles. The van der Waals surface area contributed by atoms with Crippen LogP contribution >= 0.6 is 0 Å². The first kappa shape index (κ1) is 13.3. The average molecular weight is 303 g/mol. The normalized spacial score (nSPS) is 11.0. The van der Waals surface area contributed by atoms with Gasteiger partial charge in [-0.15, -0.1) is 0 Å². The Morgan fingerprint density at radius 3 is 2.00 bits per heavy atom. The minimum absolute atomic E-state index is 0.223. The lowest BCUT2D eigenvalue weighted by Crippen LogP contribution is -1.82. The van der Waals surface area contributed by atoms with E-state index >= 15 is 0 Å². The molecule has 0 amide bonds. The van der Waals surface area contributed by atoms with Crippen molar-refractivity contribution in [1.82, 2.24) is 15.2 Å². The van der Waals surface area contributed by atoms with Crippen molar-refractivity contribution in [3.63, 3.8) is 0 Å². The van der Waals surface area contributed by atoms with Gasteiger partial charge in [-0.25, -0.2) is 4.98 Å². The fourth-order valence-electron chi connectivity index (χ4n) is 2.56. The van der Waals surface area contributed by atoms with Gasteiger partial charge in [-0.3, -0.25) is 5.10 Å². The van der Waals surface area contributed by atoms with Crippen LogP contribution in [0, 0.1) is 0 Å². The summed E-state index contributed by atoms with van der Waals surface area (Å²) in [5, 5.41) is 27.0. The highest BCUT2D eigenvalue weighted by Crippen LogP contribution is 2.30. The summed E-state index contributed by atoms with van der Waals surface area (Å²) in [6, 6.07) is 15.9. The Morgan fingerprint density at radius 2 is 1.35 bits per heavy atom. The number of aromatic hydroxyl groups is 2. The molecule has 4 aromatic rings. The fourth-order valence-corrected chi connectivity index (χ4v) is 2.56. The predicted molar refractivity (Wildman–Crippen MR) is 88.1 cm³/mol. The summed E-state index contributed by atoms with van der Waals surface area (Å²) in [5.41, 5.74) is 4.33. The summed E-state index contributed by atoms with van der Waals surface area (Å²) in [5.74, 6) is 0.455. The number of phenolic OH excluding ortho intramolecular Hbond substituents is 2. The molecule has 2 heterocycles. The summed E-state index contributed by atoms with van der Waals surface area (Å²) >= 11 is 0. The van der Waals surface area contributed by atoms with Crippen molar-refractivity contribution >= 4 is 11.0 Å². The van der Waals surface area contributed by atoms with Crippen LogP contribution < -0.4 is 0 Å². The molecule has 0 bridgehead atoms. The van der Waals surface area contributed by atoms with Gasteiger partial charge in [0.2, 0.25) is 0 Å². The number of nitrogens with one attached hydrogen (secondary N) is 1. The molecule has 0 saturated heterocycles.